The van der Waals surface area contributed by atoms with E-state index in [1.54, 1.807) is 30.7 Å². The molecule has 1 amide bonds. The molecule has 0 aliphatic carbocycles. The van der Waals surface area contributed by atoms with E-state index < -0.39 is 5.60 Å². The topological polar surface area (TPSA) is 84.3 Å². The summed E-state index contributed by atoms with van der Waals surface area (Å²) >= 11 is 0. The number of carbonyl (C=O) groups excluding carboxylic acids is 1. The van der Waals surface area contributed by atoms with Gasteiger partial charge in [-0.1, -0.05) is 0 Å². The van der Waals surface area contributed by atoms with Crippen LogP contribution in [0.15, 0.2) is 30.7 Å². The Labute approximate surface area is 115 Å². The molecule has 104 valence electrons. The predicted molar refractivity (Wildman–Crippen MR) is 72.3 cm³/mol. The Hall–Kier alpha value is -2.05. The number of carbonyl (C=O) groups is 1. The zero-order valence-electron chi connectivity index (χ0n) is 10.9. The summed E-state index contributed by atoms with van der Waals surface area (Å²) in [6.45, 7) is 0.955. The summed E-state index contributed by atoms with van der Waals surface area (Å²) in [6, 6.07) is 3.40. The molecule has 1 aliphatic rings. The molecule has 1 saturated heterocycles. The van der Waals surface area contributed by atoms with E-state index in [2.05, 4.69) is 15.3 Å². The summed E-state index contributed by atoms with van der Waals surface area (Å²) in [4.78, 5) is 20.4. The number of pyridine rings is 2. The first-order valence-electron chi connectivity index (χ1n) is 6.45. The van der Waals surface area contributed by atoms with Crippen LogP contribution in [0.5, 0.6) is 0 Å². The molecule has 0 radical (unpaired) electrons. The molecule has 3 heterocycles. The smallest absolute Gasteiger partial charge is 0.252 e. The largest absolute Gasteiger partial charge is 0.386 e. The monoisotopic (exact) mass is 273 g/mol. The second-order valence-electron chi connectivity index (χ2n) is 4.96. The molecule has 2 N–H and O–H groups in total. The summed E-state index contributed by atoms with van der Waals surface area (Å²) in [7, 11) is 0. The number of ether oxygens (including phenoxy) is 1. The van der Waals surface area contributed by atoms with Gasteiger partial charge in [0.25, 0.3) is 5.91 Å². The number of rotatable bonds is 3. The molecule has 0 spiro atoms. The van der Waals surface area contributed by atoms with Crippen molar-refractivity contribution in [3.05, 3.63) is 36.3 Å². The van der Waals surface area contributed by atoms with Crippen molar-refractivity contribution in [3.63, 3.8) is 0 Å². The molecule has 20 heavy (non-hydrogen) atoms. The third-order valence-electron chi connectivity index (χ3n) is 3.45. The fourth-order valence-corrected chi connectivity index (χ4v) is 2.26. The minimum absolute atomic E-state index is 0.176. The van der Waals surface area contributed by atoms with Crippen molar-refractivity contribution in [1.82, 2.24) is 15.3 Å². The van der Waals surface area contributed by atoms with E-state index in [-0.39, 0.29) is 19.1 Å². The highest BCUT2D eigenvalue weighted by atomic mass is 16.5. The quantitative estimate of drug-likeness (QED) is 0.851. The second-order valence-corrected chi connectivity index (χ2v) is 4.96. The molecule has 1 atom stereocenters. The van der Waals surface area contributed by atoms with Gasteiger partial charge in [0, 0.05) is 43.5 Å². The Morgan fingerprint density at radius 3 is 3.15 bits per heavy atom. The van der Waals surface area contributed by atoms with Gasteiger partial charge < -0.3 is 15.2 Å². The normalized spacial score (nSPS) is 22.1. The second kappa shape index (κ2) is 5.15. The maximum atomic E-state index is 12.2. The van der Waals surface area contributed by atoms with Crippen LogP contribution in [0.25, 0.3) is 10.9 Å². The van der Waals surface area contributed by atoms with Gasteiger partial charge in [0.2, 0.25) is 0 Å². The van der Waals surface area contributed by atoms with Gasteiger partial charge in [0.05, 0.1) is 17.7 Å². The highest BCUT2D eigenvalue weighted by Crippen LogP contribution is 2.18. The van der Waals surface area contributed by atoms with Crippen molar-refractivity contribution in [3.8, 4) is 0 Å². The van der Waals surface area contributed by atoms with Crippen LogP contribution in [0.1, 0.15) is 16.8 Å². The molecule has 0 aromatic carbocycles. The lowest BCUT2D eigenvalue weighted by atomic mass is 10.0. The van der Waals surface area contributed by atoms with Gasteiger partial charge in [-0.05, 0) is 12.1 Å². The maximum Gasteiger partial charge on any atom is 0.252 e. The standard InChI is InChI=1S/C14H15N3O3/c18-13(17-8-14(19)3-6-20-9-14)10-1-5-16-12-2-4-15-7-11(10)12/h1-2,4-5,7,19H,3,6,8-9H2,(H,17,18). The number of hydrogen-bond acceptors (Lipinski definition) is 5. The number of aliphatic hydroxyl groups is 1. The molecule has 0 bridgehead atoms. The van der Waals surface area contributed by atoms with Crippen molar-refractivity contribution in [2.45, 2.75) is 12.0 Å². The Kier molecular flexibility index (Phi) is 3.33. The minimum atomic E-state index is -0.962. The lowest BCUT2D eigenvalue weighted by Crippen LogP contribution is -2.43. The Bertz CT molecular complexity index is 633. The zero-order chi connectivity index (χ0) is 14.0. The zero-order valence-corrected chi connectivity index (χ0v) is 10.9. The Balaban J connectivity index is 1.79. The molecule has 0 saturated carbocycles. The van der Waals surface area contributed by atoms with E-state index >= 15 is 0 Å². The van der Waals surface area contributed by atoms with Crippen molar-refractivity contribution < 1.29 is 14.6 Å². The van der Waals surface area contributed by atoms with Crippen molar-refractivity contribution in [2.75, 3.05) is 19.8 Å². The van der Waals surface area contributed by atoms with Gasteiger partial charge in [-0.3, -0.25) is 14.8 Å². The van der Waals surface area contributed by atoms with Crippen molar-refractivity contribution in [1.29, 1.82) is 0 Å². The lowest BCUT2D eigenvalue weighted by molar-refractivity contribution is 0.0265. The summed E-state index contributed by atoms with van der Waals surface area (Å²) in [5.41, 5.74) is 0.262. The molecule has 2 aromatic heterocycles. The van der Waals surface area contributed by atoms with Gasteiger partial charge >= 0.3 is 0 Å². The van der Waals surface area contributed by atoms with Gasteiger partial charge in [-0.25, -0.2) is 0 Å². The fourth-order valence-electron chi connectivity index (χ4n) is 2.26. The first kappa shape index (κ1) is 13.0. The van der Waals surface area contributed by atoms with Crippen molar-refractivity contribution >= 4 is 16.8 Å². The van der Waals surface area contributed by atoms with Crippen LogP contribution in [0.4, 0.5) is 0 Å². The molecule has 1 unspecified atom stereocenters. The van der Waals surface area contributed by atoms with Crippen molar-refractivity contribution in [2.24, 2.45) is 0 Å². The minimum Gasteiger partial charge on any atom is -0.386 e. The molecule has 1 fully saturated rings. The average molecular weight is 273 g/mol. The summed E-state index contributed by atoms with van der Waals surface area (Å²) < 4.78 is 5.15. The third kappa shape index (κ3) is 2.48. The first-order valence-corrected chi connectivity index (χ1v) is 6.45. The first-order chi connectivity index (χ1) is 9.68. The average Bonchev–Trinajstić information content (AvgIpc) is 2.91. The maximum absolute atomic E-state index is 12.2. The van der Waals surface area contributed by atoms with Crippen LogP contribution in [0, 0.1) is 0 Å². The van der Waals surface area contributed by atoms with Crippen LogP contribution in [-0.2, 0) is 4.74 Å². The molecule has 3 rings (SSSR count). The van der Waals surface area contributed by atoms with Crippen LogP contribution >= 0.6 is 0 Å². The third-order valence-corrected chi connectivity index (χ3v) is 3.45. The number of aromatic nitrogens is 2. The fraction of sp³-hybridized carbons (Fsp3) is 0.357. The summed E-state index contributed by atoms with van der Waals surface area (Å²) in [6.07, 6.45) is 5.37. The molecule has 6 heteroatoms. The van der Waals surface area contributed by atoms with Crippen LogP contribution in [0.3, 0.4) is 0 Å². The molecular weight excluding hydrogens is 258 g/mol. The summed E-state index contributed by atoms with van der Waals surface area (Å²) in [5, 5.41) is 13.6. The van der Waals surface area contributed by atoms with E-state index in [1.165, 1.54) is 0 Å². The number of nitrogens with one attached hydrogen (secondary N) is 1. The van der Waals surface area contributed by atoms with Gasteiger partial charge in [-0.15, -0.1) is 0 Å². The van der Waals surface area contributed by atoms with E-state index in [1.807, 2.05) is 0 Å². The number of fused-ring (bicyclic) bond motifs is 1. The molecular formula is C14H15N3O3. The highest BCUT2D eigenvalue weighted by Gasteiger charge is 2.32. The van der Waals surface area contributed by atoms with Gasteiger partial charge in [0.15, 0.2) is 0 Å². The van der Waals surface area contributed by atoms with Gasteiger partial charge in [-0.2, -0.15) is 0 Å². The van der Waals surface area contributed by atoms with E-state index in [4.69, 9.17) is 4.74 Å². The number of amides is 1. The molecule has 6 nitrogen and oxygen atoms in total. The molecule has 1 aliphatic heterocycles. The van der Waals surface area contributed by atoms with E-state index in [0.29, 0.717) is 24.0 Å². The Morgan fingerprint density at radius 1 is 1.45 bits per heavy atom. The van der Waals surface area contributed by atoms with Crippen LogP contribution in [-0.4, -0.2) is 46.3 Å². The van der Waals surface area contributed by atoms with Crippen LogP contribution in [0.2, 0.25) is 0 Å². The van der Waals surface area contributed by atoms with E-state index in [9.17, 15) is 9.90 Å². The van der Waals surface area contributed by atoms with E-state index in [0.717, 1.165) is 5.52 Å². The molecule has 2 aromatic rings. The SMILES string of the molecule is O=C(NCC1(O)CCOC1)c1ccnc2ccncc12. The van der Waals surface area contributed by atoms with Crippen LogP contribution < -0.4 is 5.32 Å². The summed E-state index contributed by atoms with van der Waals surface area (Å²) in [5.74, 6) is -0.245. The number of hydrogen-bond donors (Lipinski definition) is 2. The highest BCUT2D eigenvalue weighted by molar-refractivity contribution is 6.05. The lowest BCUT2D eigenvalue weighted by Gasteiger charge is -2.20. The van der Waals surface area contributed by atoms with Gasteiger partial charge in [0.1, 0.15) is 5.60 Å². The Morgan fingerprint density at radius 2 is 2.35 bits per heavy atom. The predicted octanol–water partition coefficient (Wildman–Crippen LogP) is 0.511. The number of nitrogens with zero attached hydrogens (tertiary/aromatic N) is 2.